The Hall–Kier alpha value is 0.180. The first-order valence-electron chi connectivity index (χ1n) is 5.77. The normalized spacial score (nSPS) is 21.6. The Balaban J connectivity index is 2.26. The lowest BCUT2D eigenvalue weighted by Crippen LogP contribution is -2.34. The summed E-state index contributed by atoms with van der Waals surface area (Å²) >= 11 is 3.39. The van der Waals surface area contributed by atoms with E-state index < -0.39 is 0 Å². The Morgan fingerprint density at radius 3 is 2.43 bits per heavy atom. The third kappa shape index (κ3) is 4.61. The second-order valence-electron chi connectivity index (χ2n) is 4.44. The first-order valence-corrected chi connectivity index (χ1v) is 6.56. The van der Waals surface area contributed by atoms with Gasteiger partial charge >= 0.3 is 0 Å². The van der Waals surface area contributed by atoms with Crippen LogP contribution in [0.1, 0.15) is 45.4 Å². The molecule has 1 nitrogen and oxygen atoms in total. The van der Waals surface area contributed by atoms with Gasteiger partial charge in [0.15, 0.2) is 0 Å². The maximum absolute atomic E-state index is 3.84. The first-order chi connectivity index (χ1) is 6.70. The topological polar surface area (TPSA) is 12.0 Å². The van der Waals surface area contributed by atoms with Gasteiger partial charge in [0.1, 0.15) is 0 Å². The fourth-order valence-electron chi connectivity index (χ4n) is 2.25. The van der Waals surface area contributed by atoms with E-state index in [9.17, 15) is 0 Å². The van der Waals surface area contributed by atoms with Gasteiger partial charge in [-0.2, -0.15) is 0 Å². The summed E-state index contributed by atoms with van der Waals surface area (Å²) in [6, 6.07) is 0.641. The highest BCUT2D eigenvalue weighted by Crippen LogP contribution is 2.25. The Morgan fingerprint density at radius 1 is 1.36 bits per heavy atom. The SMILES string of the molecule is C=C(Br)CN[C@@H](C)C1CCCCCC1. The van der Waals surface area contributed by atoms with E-state index in [1.807, 2.05) is 0 Å². The van der Waals surface area contributed by atoms with Crippen LogP contribution in [0.25, 0.3) is 0 Å². The molecule has 0 spiro atoms. The zero-order valence-corrected chi connectivity index (χ0v) is 10.8. The molecule has 1 N–H and O–H groups in total. The summed E-state index contributed by atoms with van der Waals surface area (Å²) in [5, 5.41) is 3.53. The zero-order valence-electron chi connectivity index (χ0n) is 9.19. The van der Waals surface area contributed by atoms with E-state index in [-0.39, 0.29) is 0 Å². The van der Waals surface area contributed by atoms with Crippen molar-refractivity contribution < 1.29 is 0 Å². The van der Waals surface area contributed by atoms with E-state index in [0.717, 1.165) is 16.9 Å². The quantitative estimate of drug-likeness (QED) is 0.757. The van der Waals surface area contributed by atoms with Crippen molar-refractivity contribution in [3.63, 3.8) is 0 Å². The lowest BCUT2D eigenvalue weighted by molar-refractivity contribution is 0.346. The van der Waals surface area contributed by atoms with E-state index in [4.69, 9.17) is 0 Å². The zero-order chi connectivity index (χ0) is 10.4. The van der Waals surface area contributed by atoms with Crippen molar-refractivity contribution in [1.29, 1.82) is 0 Å². The summed E-state index contributed by atoms with van der Waals surface area (Å²) in [6.07, 6.45) is 8.53. The van der Waals surface area contributed by atoms with E-state index in [1.165, 1.54) is 38.5 Å². The number of halogens is 1. The minimum Gasteiger partial charge on any atom is -0.309 e. The molecule has 1 atom stereocenters. The molecular weight excluding hydrogens is 238 g/mol. The first kappa shape index (κ1) is 12.3. The molecular formula is C12H22BrN. The molecule has 0 saturated heterocycles. The van der Waals surface area contributed by atoms with Crippen LogP contribution in [0.3, 0.4) is 0 Å². The van der Waals surface area contributed by atoms with Gasteiger partial charge in [0.05, 0.1) is 0 Å². The van der Waals surface area contributed by atoms with Crippen molar-refractivity contribution in [2.75, 3.05) is 6.54 Å². The average Bonchev–Trinajstić information content (AvgIpc) is 2.42. The van der Waals surface area contributed by atoms with Gasteiger partial charge in [-0.25, -0.2) is 0 Å². The minimum atomic E-state index is 0.641. The van der Waals surface area contributed by atoms with Crippen LogP contribution in [0.5, 0.6) is 0 Å². The number of rotatable bonds is 4. The molecule has 1 aliphatic carbocycles. The van der Waals surface area contributed by atoms with E-state index in [2.05, 4.69) is 34.7 Å². The summed E-state index contributed by atoms with van der Waals surface area (Å²) in [7, 11) is 0. The molecule has 0 aromatic carbocycles. The highest BCUT2D eigenvalue weighted by molar-refractivity contribution is 9.11. The van der Waals surface area contributed by atoms with Crippen LogP contribution in [0.2, 0.25) is 0 Å². The van der Waals surface area contributed by atoms with Crippen LogP contribution in [0.4, 0.5) is 0 Å². The third-order valence-corrected chi connectivity index (χ3v) is 3.50. The van der Waals surface area contributed by atoms with E-state index in [1.54, 1.807) is 0 Å². The van der Waals surface area contributed by atoms with Crippen molar-refractivity contribution in [2.24, 2.45) is 5.92 Å². The fourth-order valence-corrected chi connectivity index (χ4v) is 2.41. The van der Waals surface area contributed by atoms with Crippen LogP contribution in [-0.4, -0.2) is 12.6 Å². The highest BCUT2D eigenvalue weighted by Gasteiger charge is 2.18. The monoisotopic (exact) mass is 259 g/mol. The Bertz CT molecular complexity index is 171. The lowest BCUT2D eigenvalue weighted by atomic mass is 9.93. The second-order valence-corrected chi connectivity index (χ2v) is 5.56. The molecule has 0 aromatic heterocycles. The molecule has 1 fully saturated rings. The van der Waals surface area contributed by atoms with Crippen LogP contribution in [0.15, 0.2) is 11.1 Å². The molecule has 0 bridgehead atoms. The molecule has 14 heavy (non-hydrogen) atoms. The molecule has 0 amide bonds. The molecule has 1 saturated carbocycles. The largest absolute Gasteiger partial charge is 0.309 e. The summed E-state index contributed by atoms with van der Waals surface area (Å²) in [4.78, 5) is 0. The van der Waals surface area contributed by atoms with Gasteiger partial charge < -0.3 is 5.32 Å². The molecule has 0 heterocycles. The number of hydrogen-bond acceptors (Lipinski definition) is 1. The van der Waals surface area contributed by atoms with Crippen LogP contribution in [0, 0.1) is 5.92 Å². The van der Waals surface area contributed by atoms with Gasteiger partial charge in [-0.1, -0.05) is 48.2 Å². The molecule has 2 heteroatoms. The molecule has 0 radical (unpaired) electrons. The van der Waals surface area contributed by atoms with Crippen molar-refractivity contribution in [3.05, 3.63) is 11.1 Å². The molecule has 1 aliphatic rings. The Kier molecular flexibility index (Phi) is 5.80. The summed E-state index contributed by atoms with van der Waals surface area (Å²) in [5.74, 6) is 0.879. The van der Waals surface area contributed by atoms with Crippen molar-refractivity contribution in [1.82, 2.24) is 5.32 Å². The van der Waals surface area contributed by atoms with Crippen molar-refractivity contribution >= 4 is 15.9 Å². The Labute approximate surface area is 96.5 Å². The smallest absolute Gasteiger partial charge is 0.0268 e. The van der Waals surface area contributed by atoms with Crippen LogP contribution < -0.4 is 5.32 Å². The summed E-state index contributed by atoms with van der Waals surface area (Å²) in [5.41, 5.74) is 0. The number of hydrogen-bond donors (Lipinski definition) is 1. The van der Waals surface area contributed by atoms with Gasteiger partial charge in [0.25, 0.3) is 0 Å². The molecule has 82 valence electrons. The van der Waals surface area contributed by atoms with E-state index >= 15 is 0 Å². The Morgan fingerprint density at radius 2 is 1.93 bits per heavy atom. The molecule has 0 aromatic rings. The predicted molar refractivity (Wildman–Crippen MR) is 66.7 cm³/mol. The minimum absolute atomic E-state index is 0.641. The predicted octanol–water partition coefficient (Wildman–Crippen LogP) is 3.84. The third-order valence-electron chi connectivity index (χ3n) is 3.22. The van der Waals surface area contributed by atoms with Gasteiger partial charge in [0.2, 0.25) is 0 Å². The summed E-state index contributed by atoms with van der Waals surface area (Å²) < 4.78 is 1.05. The van der Waals surface area contributed by atoms with Crippen LogP contribution >= 0.6 is 15.9 Å². The maximum Gasteiger partial charge on any atom is 0.0268 e. The van der Waals surface area contributed by atoms with Gasteiger partial charge in [-0.05, 0) is 25.7 Å². The molecule has 0 unspecified atom stereocenters. The van der Waals surface area contributed by atoms with Gasteiger partial charge in [0, 0.05) is 17.1 Å². The fraction of sp³-hybridized carbons (Fsp3) is 0.833. The standard InChI is InChI=1S/C12H22BrN/c1-10(13)9-14-11(2)12-7-5-3-4-6-8-12/h11-12,14H,1,3-9H2,2H3/t11-/m0/s1. The van der Waals surface area contributed by atoms with Crippen LogP contribution in [-0.2, 0) is 0 Å². The average molecular weight is 260 g/mol. The van der Waals surface area contributed by atoms with Gasteiger partial charge in [-0.3, -0.25) is 0 Å². The maximum atomic E-state index is 3.84. The van der Waals surface area contributed by atoms with E-state index in [0.29, 0.717) is 6.04 Å². The molecule has 1 rings (SSSR count). The lowest BCUT2D eigenvalue weighted by Gasteiger charge is -2.23. The number of nitrogens with one attached hydrogen (secondary N) is 1. The van der Waals surface area contributed by atoms with Gasteiger partial charge in [-0.15, -0.1) is 0 Å². The highest BCUT2D eigenvalue weighted by atomic mass is 79.9. The molecule has 0 aliphatic heterocycles. The van der Waals surface area contributed by atoms with Crippen molar-refractivity contribution in [2.45, 2.75) is 51.5 Å². The summed E-state index contributed by atoms with van der Waals surface area (Å²) in [6.45, 7) is 7.06. The second kappa shape index (κ2) is 6.62. The van der Waals surface area contributed by atoms with Crippen molar-refractivity contribution in [3.8, 4) is 0 Å².